The number of fused-ring (bicyclic) bond motifs is 1. The van der Waals surface area contributed by atoms with E-state index in [-0.39, 0.29) is 36.8 Å². The lowest BCUT2D eigenvalue weighted by Crippen LogP contribution is -2.60. The SMILES string of the molecule is O=C(NC1CCCC1)C(=O)[C@H](CC1CCNC1=O)NC(=O)[C@@H]1[C@H]2CCC[C@H]2CN1C(=O)[C@@H](NC(=O)C(F)(F)F)C1CCCCC1. The Morgan fingerprint density at radius 3 is 2.20 bits per heavy atom. The first-order chi connectivity index (χ1) is 21.4. The molecule has 0 bridgehead atoms. The van der Waals surface area contributed by atoms with Crippen LogP contribution in [0.2, 0.25) is 0 Å². The van der Waals surface area contributed by atoms with E-state index in [1.165, 1.54) is 4.90 Å². The van der Waals surface area contributed by atoms with Crippen molar-refractivity contribution < 1.29 is 41.9 Å². The Morgan fingerprint density at radius 2 is 1.56 bits per heavy atom. The molecule has 5 amide bonds. The summed E-state index contributed by atoms with van der Waals surface area (Å²) in [5.74, 6) is -7.01. The molecule has 3 aliphatic carbocycles. The van der Waals surface area contributed by atoms with E-state index in [1.54, 1.807) is 0 Å². The zero-order valence-electron chi connectivity index (χ0n) is 25.5. The Kier molecular flexibility index (Phi) is 10.4. The number of halogens is 3. The first-order valence-corrected chi connectivity index (χ1v) is 16.5. The van der Waals surface area contributed by atoms with Crippen LogP contribution in [-0.4, -0.2) is 83.7 Å². The molecular formula is C31H44F3N5O6. The summed E-state index contributed by atoms with van der Waals surface area (Å²) in [6.45, 7) is 0.562. The largest absolute Gasteiger partial charge is 0.471 e. The number of carbonyl (C=O) groups is 6. The van der Waals surface area contributed by atoms with E-state index in [1.807, 2.05) is 5.32 Å². The average Bonchev–Trinajstić information content (AvgIpc) is 3.81. The summed E-state index contributed by atoms with van der Waals surface area (Å²) in [4.78, 5) is 80.3. The maximum Gasteiger partial charge on any atom is 0.471 e. The van der Waals surface area contributed by atoms with Gasteiger partial charge >= 0.3 is 12.1 Å². The van der Waals surface area contributed by atoms with E-state index in [9.17, 15) is 41.9 Å². The summed E-state index contributed by atoms with van der Waals surface area (Å²) in [6, 6.07) is -3.97. The van der Waals surface area contributed by atoms with Crippen LogP contribution in [0.25, 0.3) is 0 Å². The Bertz CT molecular complexity index is 1170. The van der Waals surface area contributed by atoms with Crippen LogP contribution in [0.3, 0.4) is 0 Å². The van der Waals surface area contributed by atoms with Crippen molar-refractivity contribution in [2.75, 3.05) is 13.1 Å². The fourth-order valence-electron chi connectivity index (χ4n) is 8.25. The van der Waals surface area contributed by atoms with E-state index in [0.29, 0.717) is 45.1 Å². The van der Waals surface area contributed by atoms with Crippen molar-refractivity contribution in [1.29, 1.82) is 0 Å². The molecule has 6 atom stereocenters. The predicted molar refractivity (Wildman–Crippen MR) is 154 cm³/mol. The van der Waals surface area contributed by atoms with Crippen LogP contribution in [0.4, 0.5) is 13.2 Å². The van der Waals surface area contributed by atoms with Gasteiger partial charge < -0.3 is 26.2 Å². The molecule has 2 heterocycles. The number of likely N-dealkylation sites (tertiary alicyclic amines) is 1. The molecule has 14 heteroatoms. The molecule has 11 nitrogen and oxygen atoms in total. The van der Waals surface area contributed by atoms with Crippen molar-refractivity contribution in [2.24, 2.45) is 23.7 Å². The van der Waals surface area contributed by atoms with Gasteiger partial charge in [-0.2, -0.15) is 13.2 Å². The number of nitrogens with zero attached hydrogens (tertiary/aromatic N) is 1. The summed E-state index contributed by atoms with van der Waals surface area (Å²) in [6.07, 6.45) is 3.94. The molecule has 3 saturated carbocycles. The summed E-state index contributed by atoms with van der Waals surface area (Å²) < 4.78 is 40.0. The van der Waals surface area contributed by atoms with Crippen LogP contribution < -0.4 is 21.3 Å². The lowest BCUT2D eigenvalue weighted by molar-refractivity contribution is -0.175. The van der Waals surface area contributed by atoms with Crippen LogP contribution in [0, 0.1) is 23.7 Å². The van der Waals surface area contributed by atoms with Gasteiger partial charge in [0.25, 0.3) is 5.91 Å². The molecular weight excluding hydrogens is 595 g/mol. The zero-order chi connectivity index (χ0) is 32.3. The highest BCUT2D eigenvalue weighted by Gasteiger charge is 2.53. The molecule has 250 valence electrons. The molecule has 1 unspecified atom stereocenters. The molecule has 45 heavy (non-hydrogen) atoms. The summed E-state index contributed by atoms with van der Waals surface area (Å²) in [5.41, 5.74) is 0. The van der Waals surface area contributed by atoms with Crippen molar-refractivity contribution in [2.45, 2.75) is 120 Å². The minimum Gasteiger partial charge on any atom is -0.356 e. The lowest BCUT2D eigenvalue weighted by Gasteiger charge is -2.36. The van der Waals surface area contributed by atoms with E-state index in [2.05, 4.69) is 16.0 Å². The highest BCUT2D eigenvalue weighted by molar-refractivity contribution is 6.38. The molecule has 0 aromatic carbocycles. The summed E-state index contributed by atoms with van der Waals surface area (Å²) in [5, 5.41) is 10.1. The first-order valence-electron chi connectivity index (χ1n) is 16.5. The van der Waals surface area contributed by atoms with Gasteiger partial charge in [-0.1, -0.05) is 38.5 Å². The molecule has 0 aromatic rings. The number of hydrogen-bond donors (Lipinski definition) is 4. The molecule has 2 saturated heterocycles. The Hall–Kier alpha value is -3.19. The normalized spacial score (nSPS) is 28.7. The van der Waals surface area contributed by atoms with Crippen molar-refractivity contribution in [1.82, 2.24) is 26.2 Å². The molecule has 2 aliphatic heterocycles. The molecule has 5 rings (SSSR count). The Morgan fingerprint density at radius 1 is 0.867 bits per heavy atom. The van der Waals surface area contributed by atoms with E-state index >= 15 is 0 Å². The zero-order valence-corrected chi connectivity index (χ0v) is 25.5. The van der Waals surface area contributed by atoms with Crippen LogP contribution in [0.15, 0.2) is 0 Å². The van der Waals surface area contributed by atoms with Crippen LogP contribution in [0.5, 0.6) is 0 Å². The number of amides is 5. The van der Waals surface area contributed by atoms with Crippen molar-refractivity contribution >= 4 is 35.3 Å². The van der Waals surface area contributed by atoms with Gasteiger partial charge in [0.2, 0.25) is 23.5 Å². The van der Waals surface area contributed by atoms with Gasteiger partial charge in [-0.3, -0.25) is 28.8 Å². The molecule has 5 fully saturated rings. The van der Waals surface area contributed by atoms with Crippen LogP contribution >= 0.6 is 0 Å². The van der Waals surface area contributed by atoms with Gasteiger partial charge in [0.05, 0.1) is 6.04 Å². The maximum absolute atomic E-state index is 14.1. The quantitative estimate of drug-likeness (QED) is 0.268. The first kappa shape index (κ1) is 33.2. The number of carbonyl (C=O) groups excluding carboxylic acids is 6. The Balaban J connectivity index is 1.37. The van der Waals surface area contributed by atoms with Crippen molar-refractivity contribution in [3.63, 3.8) is 0 Å². The third-order valence-corrected chi connectivity index (χ3v) is 10.6. The maximum atomic E-state index is 14.1. The number of Topliss-reactive ketones (excluding diaryl/α,β-unsaturated/α-hetero) is 1. The van der Waals surface area contributed by atoms with Gasteiger partial charge in [-0.15, -0.1) is 0 Å². The second kappa shape index (κ2) is 14.1. The summed E-state index contributed by atoms with van der Waals surface area (Å²) >= 11 is 0. The smallest absolute Gasteiger partial charge is 0.356 e. The van der Waals surface area contributed by atoms with Gasteiger partial charge in [-0.25, -0.2) is 0 Å². The summed E-state index contributed by atoms with van der Waals surface area (Å²) in [7, 11) is 0. The second-order valence-electron chi connectivity index (χ2n) is 13.5. The van der Waals surface area contributed by atoms with Crippen molar-refractivity contribution in [3.8, 4) is 0 Å². The third-order valence-electron chi connectivity index (χ3n) is 10.6. The van der Waals surface area contributed by atoms with Gasteiger partial charge in [0.15, 0.2) is 0 Å². The van der Waals surface area contributed by atoms with Crippen molar-refractivity contribution in [3.05, 3.63) is 0 Å². The molecule has 0 radical (unpaired) electrons. The van der Waals surface area contributed by atoms with E-state index < -0.39 is 65.5 Å². The fraction of sp³-hybridized carbons (Fsp3) is 0.806. The minimum atomic E-state index is -5.18. The number of ketones is 1. The van der Waals surface area contributed by atoms with E-state index in [0.717, 1.165) is 44.9 Å². The molecule has 0 aromatic heterocycles. The van der Waals surface area contributed by atoms with Crippen LogP contribution in [0.1, 0.15) is 89.9 Å². The molecule has 0 spiro atoms. The number of nitrogens with one attached hydrogen (secondary N) is 4. The van der Waals surface area contributed by atoms with Gasteiger partial charge in [0, 0.05) is 25.0 Å². The van der Waals surface area contributed by atoms with Gasteiger partial charge in [0.1, 0.15) is 12.1 Å². The van der Waals surface area contributed by atoms with Gasteiger partial charge in [-0.05, 0) is 69.1 Å². The number of hydrogen-bond acceptors (Lipinski definition) is 6. The third kappa shape index (κ3) is 7.62. The number of rotatable bonds is 10. The topological polar surface area (TPSA) is 154 Å². The number of alkyl halides is 3. The second-order valence-corrected chi connectivity index (χ2v) is 13.5. The predicted octanol–water partition coefficient (Wildman–Crippen LogP) is 1.88. The molecule has 4 N–H and O–H groups in total. The van der Waals surface area contributed by atoms with E-state index in [4.69, 9.17) is 0 Å². The Labute approximate surface area is 260 Å². The minimum absolute atomic E-state index is 0.0598. The fourth-order valence-corrected chi connectivity index (χ4v) is 8.25. The highest BCUT2D eigenvalue weighted by atomic mass is 19.4. The molecule has 5 aliphatic rings. The lowest BCUT2D eigenvalue weighted by atomic mass is 9.83. The average molecular weight is 640 g/mol. The highest BCUT2D eigenvalue weighted by Crippen LogP contribution is 2.43. The standard InChI is InChI=1S/C31H44F3N5O6/c32-31(33,34)30(45)38-23(17-7-2-1-3-8-17)29(44)39-16-19-9-6-12-21(19)24(39)27(42)37-22(15-18-13-14-35-26(18)41)25(40)28(43)36-20-10-4-5-11-20/h17-24H,1-16H2,(H,35,41)(H,36,43)(H,37,42)(H,38,45)/t18?,19-,21-,22-,23-,24-/m0/s1. The monoisotopic (exact) mass is 639 g/mol. The van der Waals surface area contributed by atoms with Crippen LogP contribution in [-0.2, 0) is 28.8 Å².